The zero-order valence-electron chi connectivity index (χ0n) is 19.4. The molecule has 0 aromatic heterocycles. The molecule has 10 nitrogen and oxygen atoms in total. The fourth-order valence-electron chi connectivity index (χ4n) is 4.87. The molecule has 6 rings (SSSR count). The number of rotatable bonds is 5. The summed E-state index contributed by atoms with van der Waals surface area (Å²) in [5.41, 5.74) is 1.34. The summed E-state index contributed by atoms with van der Waals surface area (Å²) in [6, 6.07) is 17.4. The van der Waals surface area contributed by atoms with Crippen LogP contribution in [0.1, 0.15) is 41.4 Å². The van der Waals surface area contributed by atoms with Crippen LogP contribution in [0.15, 0.2) is 72.8 Å². The second-order valence-corrected chi connectivity index (χ2v) is 8.65. The number of anilines is 2. The van der Waals surface area contributed by atoms with Crippen molar-refractivity contribution in [1.82, 2.24) is 0 Å². The second-order valence-electron chi connectivity index (χ2n) is 8.65. The van der Waals surface area contributed by atoms with Gasteiger partial charge in [-0.25, -0.2) is 9.80 Å². The quantitative estimate of drug-likeness (QED) is 0.270. The van der Waals surface area contributed by atoms with E-state index in [9.17, 15) is 29.2 Å². The van der Waals surface area contributed by atoms with Crippen molar-refractivity contribution >= 4 is 66.0 Å². The van der Waals surface area contributed by atoms with Crippen LogP contribution >= 0.6 is 0 Å². The molecule has 0 spiro atoms. The standard InChI is InChI=1S/C26H15B2N2O8/c31-23-17-9-11-19-22-20(26(34)30(25(19)33)15-5-7-16(8-6-15)38-27-35)12-10-18(21(17)22)24(32)29(23)14-3-1-13(2-4-14)28(36)37/h1-12,35-37H. The van der Waals surface area contributed by atoms with Gasteiger partial charge in [-0.05, 0) is 66.1 Å². The summed E-state index contributed by atoms with van der Waals surface area (Å²) in [5.74, 6) is -2.21. The fourth-order valence-corrected chi connectivity index (χ4v) is 4.87. The molecule has 0 saturated carbocycles. The molecule has 0 bridgehead atoms. The average Bonchev–Trinajstić information content (AvgIpc) is 2.92. The van der Waals surface area contributed by atoms with E-state index >= 15 is 0 Å². The lowest BCUT2D eigenvalue weighted by Crippen LogP contribution is -2.43. The van der Waals surface area contributed by atoms with Crippen molar-refractivity contribution in [3.05, 3.63) is 95.1 Å². The first-order valence-corrected chi connectivity index (χ1v) is 11.4. The molecule has 3 N–H and O–H groups in total. The minimum atomic E-state index is -1.70. The molecule has 2 heterocycles. The summed E-state index contributed by atoms with van der Waals surface area (Å²) < 4.78 is 4.88. The Balaban J connectivity index is 1.46. The molecule has 4 aromatic rings. The number of carbonyl (C=O) groups is 4. The van der Waals surface area contributed by atoms with E-state index in [1.807, 2.05) is 0 Å². The number of amides is 4. The lowest BCUT2D eigenvalue weighted by molar-refractivity contribution is 0.0873. The van der Waals surface area contributed by atoms with Crippen LogP contribution < -0.4 is 19.9 Å². The van der Waals surface area contributed by atoms with E-state index in [0.717, 1.165) is 9.80 Å². The molecular weight excluding hydrogens is 490 g/mol. The van der Waals surface area contributed by atoms with Gasteiger partial charge >= 0.3 is 14.8 Å². The third-order valence-electron chi connectivity index (χ3n) is 6.63. The highest BCUT2D eigenvalue weighted by atomic mass is 16.5. The maximum atomic E-state index is 13.5. The first kappa shape index (κ1) is 23.6. The van der Waals surface area contributed by atoms with Gasteiger partial charge in [0.25, 0.3) is 23.6 Å². The lowest BCUT2D eigenvalue weighted by atomic mass is 9.80. The minimum absolute atomic E-state index is 0.155. The van der Waals surface area contributed by atoms with Gasteiger partial charge < -0.3 is 19.7 Å². The molecule has 0 atom stereocenters. The van der Waals surface area contributed by atoms with Crippen molar-refractivity contribution in [2.75, 3.05) is 9.80 Å². The Morgan fingerprint density at radius 2 is 0.947 bits per heavy atom. The Morgan fingerprint density at radius 3 is 1.29 bits per heavy atom. The molecule has 4 amide bonds. The van der Waals surface area contributed by atoms with E-state index < -0.39 is 30.7 Å². The summed E-state index contributed by atoms with van der Waals surface area (Å²) in [7, 11) is -1.19. The Morgan fingerprint density at radius 1 is 0.579 bits per heavy atom. The van der Waals surface area contributed by atoms with Gasteiger partial charge in [0.15, 0.2) is 0 Å². The van der Waals surface area contributed by atoms with Gasteiger partial charge in [-0.1, -0.05) is 12.1 Å². The van der Waals surface area contributed by atoms with Gasteiger partial charge in [-0.3, -0.25) is 19.2 Å². The van der Waals surface area contributed by atoms with Gasteiger partial charge in [0.2, 0.25) is 0 Å². The van der Waals surface area contributed by atoms with E-state index in [4.69, 9.17) is 9.68 Å². The van der Waals surface area contributed by atoms with Crippen LogP contribution in [0.5, 0.6) is 5.75 Å². The summed E-state index contributed by atoms with van der Waals surface area (Å²) in [5, 5.41) is 28.0. The van der Waals surface area contributed by atoms with E-state index in [0.29, 0.717) is 13.4 Å². The number of carbonyl (C=O) groups excluding carboxylic acids is 4. The minimum Gasteiger partial charge on any atom is -0.537 e. The fraction of sp³-hybridized carbons (Fsp3) is 0. The predicted molar refractivity (Wildman–Crippen MR) is 138 cm³/mol. The molecular formula is C26H15B2N2O8. The van der Waals surface area contributed by atoms with Crippen molar-refractivity contribution in [3.8, 4) is 5.75 Å². The van der Waals surface area contributed by atoms with Gasteiger partial charge in [0.05, 0.1) is 11.4 Å². The first-order chi connectivity index (χ1) is 18.3. The zero-order chi connectivity index (χ0) is 26.7. The van der Waals surface area contributed by atoms with E-state index in [-0.39, 0.29) is 49.9 Å². The number of hydrogen-bond donors (Lipinski definition) is 3. The number of hydrogen-bond acceptors (Lipinski definition) is 8. The Hall–Kier alpha value is -4.77. The second kappa shape index (κ2) is 8.67. The predicted octanol–water partition coefficient (Wildman–Crippen LogP) is 1.03. The van der Waals surface area contributed by atoms with E-state index in [1.165, 1.54) is 72.8 Å². The first-order valence-electron chi connectivity index (χ1n) is 11.4. The van der Waals surface area contributed by atoms with Gasteiger partial charge in [-0.15, -0.1) is 0 Å². The van der Waals surface area contributed by atoms with Gasteiger partial charge in [0.1, 0.15) is 5.75 Å². The topological polar surface area (TPSA) is 145 Å². The van der Waals surface area contributed by atoms with Crippen LogP contribution in [-0.4, -0.2) is 53.5 Å². The Kier molecular flexibility index (Phi) is 5.39. The highest BCUT2D eigenvalue weighted by Gasteiger charge is 2.40. The Labute approximate surface area is 215 Å². The molecule has 0 aliphatic carbocycles. The van der Waals surface area contributed by atoms with Crippen LogP contribution in [0.2, 0.25) is 0 Å². The molecule has 183 valence electrons. The van der Waals surface area contributed by atoms with Crippen molar-refractivity contribution < 1.29 is 38.9 Å². The third-order valence-corrected chi connectivity index (χ3v) is 6.63. The van der Waals surface area contributed by atoms with Crippen LogP contribution in [0.4, 0.5) is 11.4 Å². The molecule has 0 unspecified atom stereocenters. The zero-order valence-corrected chi connectivity index (χ0v) is 19.4. The highest BCUT2D eigenvalue weighted by molar-refractivity contribution is 6.58. The van der Waals surface area contributed by atoms with Gasteiger partial charge in [0, 0.05) is 33.0 Å². The van der Waals surface area contributed by atoms with Crippen LogP contribution in [0.25, 0.3) is 10.8 Å². The van der Waals surface area contributed by atoms with Crippen LogP contribution in [0.3, 0.4) is 0 Å². The largest absolute Gasteiger partial charge is 0.569 e. The molecule has 0 fully saturated rings. The van der Waals surface area contributed by atoms with E-state index in [2.05, 4.69) is 0 Å². The molecule has 4 aromatic carbocycles. The lowest BCUT2D eigenvalue weighted by Gasteiger charge is -2.32. The monoisotopic (exact) mass is 505 g/mol. The number of imide groups is 2. The maximum Gasteiger partial charge on any atom is 0.569 e. The van der Waals surface area contributed by atoms with Crippen LogP contribution in [0, 0.1) is 0 Å². The summed E-state index contributed by atoms with van der Waals surface area (Å²) in [6.07, 6.45) is 0. The van der Waals surface area contributed by atoms with Crippen molar-refractivity contribution in [2.24, 2.45) is 0 Å². The highest BCUT2D eigenvalue weighted by Crippen LogP contribution is 2.40. The number of benzene rings is 4. The molecule has 2 aliphatic heterocycles. The summed E-state index contributed by atoms with van der Waals surface area (Å²) in [6.45, 7) is 0. The summed E-state index contributed by atoms with van der Waals surface area (Å²) >= 11 is 0. The average molecular weight is 505 g/mol. The maximum absolute atomic E-state index is 13.5. The van der Waals surface area contributed by atoms with Crippen molar-refractivity contribution in [1.29, 1.82) is 0 Å². The van der Waals surface area contributed by atoms with Crippen molar-refractivity contribution in [3.63, 3.8) is 0 Å². The molecule has 1 radical (unpaired) electrons. The number of nitrogens with zero attached hydrogens (tertiary/aromatic N) is 2. The third kappa shape index (κ3) is 3.36. The molecule has 0 saturated heterocycles. The van der Waals surface area contributed by atoms with Crippen LogP contribution in [-0.2, 0) is 0 Å². The summed E-state index contributed by atoms with van der Waals surface area (Å²) in [4.78, 5) is 55.9. The van der Waals surface area contributed by atoms with Gasteiger partial charge in [-0.2, -0.15) is 0 Å². The Bertz CT molecular complexity index is 1620. The SMILES string of the molecule is O=C1c2ccc3c4c(ccc(c24)C(=O)N1c1ccc(O[B]O)cc1)C(=O)N(c1ccc(B(O)O)cc1)C3=O. The molecule has 12 heteroatoms. The smallest absolute Gasteiger partial charge is 0.537 e. The van der Waals surface area contributed by atoms with E-state index in [1.54, 1.807) is 0 Å². The van der Waals surface area contributed by atoms with Crippen molar-refractivity contribution in [2.45, 2.75) is 0 Å². The molecule has 38 heavy (non-hydrogen) atoms. The normalized spacial score (nSPS) is 14.3. The molecule has 2 aliphatic rings.